The van der Waals surface area contributed by atoms with E-state index in [1.807, 2.05) is 37.4 Å². The van der Waals surface area contributed by atoms with Crippen LogP contribution in [-0.4, -0.2) is 61.1 Å². The Morgan fingerprint density at radius 2 is 1.79 bits per heavy atom. The second-order valence-corrected chi connectivity index (χ2v) is 7.10. The van der Waals surface area contributed by atoms with E-state index in [0.717, 1.165) is 57.4 Å². The van der Waals surface area contributed by atoms with Gasteiger partial charge in [-0.1, -0.05) is 31.0 Å². The Balaban J connectivity index is 1.65. The van der Waals surface area contributed by atoms with Gasteiger partial charge < -0.3 is 14.5 Å². The molecule has 2 saturated heterocycles. The number of amides is 1. The maximum absolute atomic E-state index is 13.0. The molecule has 1 aromatic carbocycles. The number of carbonyl (C=O) groups excluding carboxylic acids is 1. The van der Waals surface area contributed by atoms with Crippen LogP contribution in [-0.2, 0) is 4.74 Å². The lowest BCUT2D eigenvalue weighted by Crippen LogP contribution is -2.49. The van der Waals surface area contributed by atoms with Gasteiger partial charge in [0.25, 0.3) is 5.91 Å². The SMILES string of the molecule is COC1CCN(CC2CCCCCN2C(=O)c2ccccc2)CC1. The average Bonchev–Trinajstić information content (AvgIpc) is 2.88. The molecule has 0 spiro atoms. The summed E-state index contributed by atoms with van der Waals surface area (Å²) in [5.74, 6) is 0.203. The third-order valence-corrected chi connectivity index (χ3v) is 5.50. The maximum Gasteiger partial charge on any atom is 0.254 e. The minimum Gasteiger partial charge on any atom is -0.381 e. The van der Waals surface area contributed by atoms with E-state index < -0.39 is 0 Å². The van der Waals surface area contributed by atoms with E-state index in [-0.39, 0.29) is 5.91 Å². The van der Waals surface area contributed by atoms with Crippen LogP contribution in [0.5, 0.6) is 0 Å². The lowest BCUT2D eigenvalue weighted by Gasteiger charge is -2.37. The fourth-order valence-electron chi connectivity index (χ4n) is 4.01. The third-order valence-electron chi connectivity index (χ3n) is 5.50. The van der Waals surface area contributed by atoms with Crippen LogP contribution >= 0.6 is 0 Å². The normalized spacial score (nSPS) is 23.9. The second-order valence-electron chi connectivity index (χ2n) is 7.10. The Morgan fingerprint density at radius 1 is 1.04 bits per heavy atom. The molecule has 0 radical (unpaired) electrons. The van der Waals surface area contributed by atoms with Gasteiger partial charge in [0, 0.05) is 44.9 Å². The number of ether oxygens (including phenoxy) is 1. The molecule has 4 nitrogen and oxygen atoms in total. The molecule has 1 unspecified atom stereocenters. The summed E-state index contributed by atoms with van der Waals surface area (Å²) in [4.78, 5) is 17.7. The molecule has 1 amide bonds. The Morgan fingerprint density at radius 3 is 2.50 bits per heavy atom. The van der Waals surface area contributed by atoms with Crippen LogP contribution in [0.3, 0.4) is 0 Å². The zero-order valence-corrected chi connectivity index (χ0v) is 14.8. The van der Waals surface area contributed by atoms with E-state index >= 15 is 0 Å². The Labute approximate surface area is 145 Å². The molecule has 0 aliphatic carbocycles. The van der Waals surface area contributed by atoms with Gasteiger partial charge in [-0.25, -0.2) is 0 Å². The number of nitrogens with zero attached hydrogens (tertiary/aromatic N) is 2. The highest BCUT2D eigenvalue weighted by Crippen LogP contribution is 2.22. The van der Waals surface area contributed by atoms with E-state index in [1.54, 1.807) is 0 Å². The van der Waals surface area contributed by atoms with Crippen LogP contribution < -0.4 is 0 Å². The highest BCUT2D eigenvalue weighted by Gasteiger charge is 2.29. The predicted molar refractivity (Wildman–Crippen MR) is 96.2 cm³/mol. The number of hydrogen-bond acceptors (Lipinski definition) is 3. The quantitative estimate of drug-likeness (QED) is 0.850. The number of likely N-dealkylation sites (tertiary alicyclic amines) is 2. The largest absolute Gasteiger partial charge is 0.381 e. The Hall–Kier alpha value is -1.39. The molecule has 0 aromatic heterocycles. The molecule has 2 heterocycles. The summed E-state index contributed by atoms with van der Waals surface area (Å²) in [5.41, 5.74) is 0.822. The van der Waals surface area contributed by atoms with Crippen molar-refractivity contribution in [2.24, 2.45) is 0 Å². The lowest BCUT2D eigenvalue weighted by molar-refractivity contribution is 0.0291. The fourth-order valence-corrected chi connectivity index (χ4v) is 4.01. The van der Waals surface area contributed by atoms with Crippen molar-refractivity contribution in [3.8, 4) is 0 Å². The van der Waals surface area contributed by atoms with Crippen LogP contribution in [0.15, 0.2) is 30.3 Å². The van der Waals surface area contributed by atoms with E-state index in [4.69, 9.17) is 4.74 Å². The van der Waals surface area contributed by atoms with Gasteiger partial charge in [0.15, 0.2) is 0 Å². The summed E-state index contributed by atoms with van der Waals surface area (Å²) in [7, 11) is 1.81. The van der Waals surface area contributed by atoms with Gasteiger partial charge in [-0.3, -0.25) is 4.79 Å². The first-order valence-corrected chi connectivity index (χ1v) is 9.39. The fraction of sp³-hybridized carbons (Fsp3) is 0.650. The second kappa shape index (κ2) is 8.63. The number of methoxy groups -OCH3 is 1. The standard InChI is InChI=1S/C20H30N2O2/c1-24-19-11-14-21(15-12-19)16-18-10-6-3-7-13-22(18)20(23)17-8-4-2-5-9-17/h2,4-5,8-9,18-19H,3,6-7,10-16H2,1H3. The first-order valence-electron chi connectivity index (χ1n) is 9.39. The summed E-state index contributed by atoms with van der Waals surface area (Å²) in [5, 5.41) is 0. The molecule has 1 atom stereocenters. The molecular formula is C20H30N2O2. The zero-order valence-electron chi connectivity index (χ0n) is 14.8. The van der Waals surface area contributed by atoms with Crippen molar-refractivity contribution in [1.29, 1.82) is 0 Å². The smallest absolute Gasteiger partial charge is 0.254 e. The van der Waals surface area contributed by atoms with Gasteiger partial charge in [-0.2, -0.15) is 0 Å². The van der Waals surface area contributed by atoms with Gasteiger partial charge >= 0.3 is 0 Å². The summed E-state index contributed by atoms with van der Waals surface area (Å²) in [6.45, 7) is 4.08. The van der Waals surface area contributed by atoms with E-state index in [1.165, 1.54) is 12.8 Å². The predicted octanol–water partition coefficient (Wildman–Crippen LogP) is 3.18. The molecule has 1 aromatic rings. The van der Waals surface area contributed by atoms with Crippen molar-refractivity contribution >= 4 is 5.91 Å². The van der Waals surface area contributed by atoms with Crippen LogP contribution in [0.25, 0.3) is 0 Å². The molecule has 2 fully saturated rings. The van der Waals surface area contributed by atoms with Crippen molar-refractivity contribution in [2.45, 2.75) is 50.7 Å². The maximum atomic E-state index is 13.0. The molecule has 2 aliphatic heterocycles. The van der Waals surface area contributed by atoms with Gasteiger partial charge in [-0.05, 0) is 37.8 Å². The minimum atomic E-state index is 0.203. The van der Waals surface area contributed by atoms with Gasteiger partial charge in [0.2, 0.25) is 0 Å². The molecule has 24 heavy (non-hydrogen) atoms. The highest BCUT2D eigenvalue weighted by atomic mass is 16.5. The molecule has 4 heteroatoms. The molecule has 0 saturated carbocycles. The van der Waals surface area contributed by atoms with Crippen molar-refractivity contribution in [3.05, 3.63) is 35.9 Å². The molecule has 0 N–H and O–H groups in total. The van der Waals surface area contributed by atoms with Crippen molar-refractivity contribution in [2.75, 3.05) is 33.3 Å². The minimum absolute atomic E-state index is 0.203. The van der Waals surface area contributed by atoms with Crippen molar-refractivity contribution in [1.82, 2.24) is 9.80 Å². The number of rotatable bonds is 4. The first-order chi connectivity index (χ1) is 11.8. The van der Waals surface area contributed by atoms with Crippen LogP contribution in [0.1, 0.15) is 48.9 Å². The summed E-state index contributed by atoms with van der Waals surface area (Å²) >= 11 is 0. The average molecular weight is 330 g/mol. The first kappa shape index (κ1) is 17.4. The molecule has 2 aliphatic rings. The summed E-state index contributed by atoms with van der Waals surface area (Å²) < 4.78 is 5.48. The summed E-state index contributed by atoms with van der Waals surface area (Å²) in [6.07, 6.45) is 7.35. The monoisotopic (exact) mass is 330 g/mol. The summed E-state index contributed by atoms with van der Waals surface area (Å²) in [6, 6.07) is 10.1. The van der Waals surface area contributed by atoms with Gasteiger partial charge in [-0.15, -0.1) is 0 Å². The zero-order chi connectivity index (χ0) is 16.8. The molecule has 3 rings (SSSR count). The van der Waals surface area contributed by atoms with Crippen LogP contribution in [0, 0.1) is 0 Å². The van der Waals surface area contributed by atoms with Gasteiger partial charge in [0.05, 0.1) is 6.10 Å². The van der Waals surface area contributed by atoms with Gasteiger partial charge in [0.1, 0.15) is 0 Å². The molecule has 0 bridgehead atoms. The lowest BCUT2D eigenvalue weighted by atomic mass is 10.0. The van der Waals surface area contributed by atoms with E-state index in [9.17, 15) is 4.79 Å². The Kier molecular flexibility index (Phi) is 6.27. The Bertz CT molecular complexity index is 512. The van der Waals surface area contributed by atoms with Crippen molar-refractivity contribution < 1.29 is 9.53 Å². The van der Waals surface area contributed by atoms with Crippen LogP contribution in [0.2, 0.25) is 0 Å². The van der Waals surface area contributed by atoms with E-state index in [2.05, 4.69) is 9.80 Å². The number of piperidine rings is 1. The number of hydrogen-bond donors (Lipinski definition) is 0. The molecular weight excluding hydrogens is 300 g/mol. The topological polar surface area (TPSA) is 32.8 Å². The van der Waals surface area contributed by atoms with Crippen molar-refractivity contribution in [3.63, 3.8) is 0 Å². The molecule has 132 valence electrons. The van der Waals surface area contributed by atoms with Crippen LogP contribution in [0.4, 0.5) is 0 Å². The number of carbonyl (C=O) groups is 1. The third kappa shape index (κ3) is 4.37. The highest BCUT2D eigenvalue weighted by molar-refractivity contribution is 5.94. The number of benzene rings is 1. The van der Waals surface area contributed by atoms with E-state index in [0.29, 0.717) is 12.1 Å².